The van der Waals surface area contributed by atoms with Crippen LogP contribution < -0.4 is 5.32 Å². The lowest BCUT2D eigenvalue weighted by Gasteiger charge is -2.31. The summed E-state index contributed by atoms with van der Waals surface area (Å²) in [7, 11) is 5.25. The highest BCUT2D eigenvalue weighted by Crippen LogP contribution is 2.35. The lowest BCUT2D eigenvalue weighted by molar-refractivity contribution is -0.143. The number of aliphatic hydroxyl groups excluding tert-OH is 1. The first-order valence-corrected chi connectivity index (χ1v) is 18.4. The average Bonchev–Trinajstić information content (AvgIpc) is 4.04. The summed E-state index contributed by atoms with van der Waals surface area (Å²) in [6.07, 6.45) is 5.62. The van der Waals surface area contributed by atoms with Gasteiger partial charge in [0.2, 0.25) is 18.2 Å². The Balaban J connectivity index is 1.01. The monoisotopic (exact) mass is 726 g/mol. The number of likely N-dealkylation sites (N-methyl/N-ethyl adjacent to an activating group) is 1. The van der Waals surface area contributed by atoms with Gasteiger partial charge >= 0.3 is 0 Å². The molecule has 0 aliphatic carbocycles. The SMILES string of the molecule is COC(O)NC(C(=O)N1CCCC1c1ncc(-c2ccc(C#Cc3cnc(C4CCCN4C(=O)C(c4ccccc4)N(C)C)[nH]3)cc2)[nH]1)c1ccccc1. The molecular weight excluding hydrogens is 681 g/mol. The Morgan fingerprint density at radius 1 is 0.815 bits per heavy atom. The van der Waals surface area contributed by atoms with E-state index in [4.69, 9.17) is 4.74 Å². The van der Waals surface area contributed by atoms with Crippen LogP contribution >= 0.6 is 0 Å². The number of nitrogens with zero attached hydrogens (tertiary/aromatic N) is 5. The zero-order valence-corrected chi connectivity index (χ0v) is 30.8. The van der Waals surface area contributed by atoms with E-state index >= 15 is 0 Å². The minimum atomic E-state index is -1.29. The third kappa shape index (κ3) is 8.00. The van der Waals surface area contributed by atoms with Gasteiger partial charge in [0.15, 0.2) is 0 Å². The Labute approximate surface area is 315 Å². The standard InChI is InChI=1S/C42H46N8O4/c1-48(2)37(31-14-8-5-9-15-31)41(52)50-25-11-16-34(50)38-43-26-32(45-38)23-20-28-18-21-29(22-19-28)33-27-44-39(46-33)35-17-10-24-49(35)40(51)36(47-42(53)54-3)30-12-6-4-7-13-30/h4-9,12-15,18-19,21-22,26-27,34-37,42,47,53H,10-11,16-17,24-25H2,1-3H3,(H,43,45)(H,44,46). The van der Waals surface area contributed by atoms with Crippen molar-refractivity contribution in [3.63, 3.8) is 0 Å². The van der Waals surface area contributed by atoms with Gasteiger partial charge in [-0.25, -0.2) is 9.97 Å². The highest BCUT2D eigenvalue weighted by molar-refractivity contribution is 5.84. The van der Waals surface area contributed by atoms with Crippen molar-refractivity contribution >= 4 is 11.8 Å². The summed E-state index contributed by atoms with van der Waals surface area (Å²) in [5.41, 5.74) is 5.04. The highest BCUT2D eigenvalue weighted by atomic mass is 16.6. The van der Waals surface area contributed by atoms with Crippen molar-refractivity contribution in [2.24, 2.45) is 0 Å². The van der Waals surface area contributed by atoms with Crippen LogP contribution in [0.2, 0.25) is 0 Å². The molecule has 0 bridgehead atoms. The van der Waals surface area contributed by atoms with E-state index in [-0.39, 0.29) is 29.9 Å². The third-order valence-corrected chi connectivity index (χ3v) is 10.2. The molecular formula is C42H46N8O4. The first kappa shape index (κ1) is 36.8. The van der Waals surface area contributed by atoms with Crippen LogP contribution in [0, 0.1) is 11.8 Å². The molecule has 2 saturated heterocycles. The van der Waals surface area contributed by atoms with Gasteiger partial charge in [-0.1, -0.05) is 78.7 Å². The van der Waals surface area contributed by atoms with Crippen LogP contribution in [-0.4, -0.2) is 92.3 Å². The predicted octanol–water partition coefficient (Wildman–Crippen LogP) is 5.08. The number of carbonyl (C=O) groups is 2. The summed E-state index contributed by atoms with van der Waals surface area (Å²) in [5, 5.41) is 13.1. The number of hydrogen-bond donors (Lipinski definition) is 4. The Bertz CT molecular complexity index is 2090. The van der Waals surface area contributed by atoms with E-state index in [1.165, 1.54) is 7.11 Å². The number of aliphatic hydroxyl groups is 1. The first-order valence-electron chi connectivity index (χ1n) is 18.4. The van der Waals surface area contributed by atoms with Gasteiger partial charge in [-0.15, -0.1) is 0 Å². The molecule has 2 aliphatic heterocycles. The second kappa shape index (κ2) is 16.6. The second-order valence-electron chi connectivity index (χ2n) is 13.9. The van der Waals surface area contributed by atoms with E-state index in [2.05, 4.69) is 37.1 Å². The molecule has 2 aromatic heterocycles. The topological polar surface area (TPSA) is 143 Å². The van der Waals surface area contributed by atoms with Crippen LogP contribution in [0.5, 0.6) is 0 Å². The molecule has 12 nitrogen and oxygen atoms in total. The molecule has 5 unspecified atom stereocenters. The zero-order valence-electron chi connectivity index (χ0n) is 30.8. The normalized spacial score (nSPS) is 18.7. The van der Waals surface area contributed by atoms with Crippen molar-refractivity contribution in [2.45, 2.75) is 56.3 Å². The number of hydrogen-bond acceptors (Lipinski definition) is 8. The van der Waals surface area contributed by atoms with Crippen molar-refractivity contribution < 1.29 is 19.4 Å². The number of likely N-dealkylation sites (tertiary alicyclic amines) is 2. The van der Waals surface area contributed by atoms with E-state index in [9.17, 15) is 14.7 Å². The summed E-state index contributed by atoms with van der Waals surface area (Å²) in [5.74, 6) is 7.82. The molecule has 2 fully saturated rings. The van der Waals surface area contributed by atoms with Gasteiger partial charge in [-0.3, -0.25) is 19.8 Å². The predicted molar refractivity (Wildman–Crippen MR) is 204 cm³/mol. The molecule has 4 heterocycles. The molecule has 5 aromatic rings. The number of aromatic nitrogens is 4. The lowest BCUT2D eigenvalue weighted by Crippen LogP contribution is -2.44. The average molecular weight is 727 g/mol. The van der Waals surface area contributed by atoms with Crippen molar-refractivity contribution in [2.75, 3.05) is 34.3 Å². The lowest BCUT2D eigenvalue weighted by atomic mass is 10.0. The molecule has 278 valence electrons. The number of amides is 2. The first-order chi connectivity index (χ1) is 26.3. The van der Waals surface area contributed by atoms with Gasteiger partial charge in [-0.2, -0.15) is 0 Å². The van der Waals surface area contributed by atoms with E-state index in [1.807, 2.05) is 114 Å². The number of imidazole rings is 2. The van der Waals surface area contributed by atoms with Crippen LogP contribution in [0.25, 0.3) is 11.3 Å². The van der Waals surface area contributed by atoms with Gasteiger partial charge in [0.05, 0.1) is 30.2 Å². The smallest absolute Gasteiger partial charge is 0.245 e. The third-order valence-electron chi connectivity index (χ3n) is 10.2. The number of H-pyrrole nitrogens is 2. The Hall–Kier alpha value is -5.58. The van der Waals surface area contributed by atoms with Crippen LogP contribution in [0.1, 0.15) is 83.9 Å². The Kier molecular flexibility index (Phi) is 11.3. The fourth-order valence-electron chi connectivity index (χ4n) is 7.51. The quantitative estimate of drug-likeness (QED) is 0.109. The van der Waals surface area contributed by atoms with Gasteiger partial charge in [-0.05, 0) is 74.5 Å². The largest absolute Gasteiger partial charge is 0.356 e. The van der Waals surface area contributed by atoms with E-state index < -0.39 is 12.5 Å². The molecule has 4 N–H and O–H groups in total. The molecule has 2 amide bonds. The molecule has 54 heavy (non-hydrogen) atoms. The van der Waals surface area contributed by atoms with Crippen LogP contribution in [0.3, 0.4) is 0 Å². The maximum Gasteiger partial charge on any atom is 0.245 e. The molecule has 5 atom stereocenters. The highest BCUT2D eigenvalue weighted by Gasteiger charge is 2.38. The summed E-state index contributed by atoms with van der Waals surface area (Å²) in [6.45, 7) is 1.27. The molecule has 7 rings (SSSR count). The van der Waals surface area contributed by atoms with Gasteiger partial charge < -0.3 is 29.6 Å². The number of ether oxygens (including phenoxy) is 1. The van der Waals surface area contributed by atoms with Gasteiger partial charge in [0.25, 0.3) is 0 Å². The number of benzene rings is 3. The van der Waals surface area contributed by atoms with Crippen LogP contribution in [-0.2, 0) is 14.3 Å². The molecule has 0 spiro atoms. The summed E-state index contributed by atoms with van der Waals surface area (Å²) >= 11 is 0. The van der Waals surface area contributed by atoms with Crippen LogP contribution in [0.4, 0.5) is 0 Å². The summed E-state index contributed by atoms with van der Waals surface area (Å²) < 4.78 is 5.01. The second-order valence-corrected chi connectivity index (χ2v) is 13.9. The zero-order chi connectivity index (χ0) is 37.6. The minimum Gasteiger partial charge on any atom is -0.356 e. The maximum atomic E-state index is 13.9. The summed E-state index contributed by atoms with van der Waals surface area (Å²) in [4.78, 5) is 49.6. The number of nitrogens with one attached hydrogen (secondary N) is 3. The Morgan fingerprint density at radius 3 is 2.04 bits per heavy atom. The minimum absolute atomic E-state index is 0.0731. The molecule has 0 saturated carbocycles. The van der Waals surface area contributed by atoms with Crippen LogP contribution in [0.15, 0.2) is 97.3 Å². The molecule has 12 heteroatoms. The fourth-order valence-corrected chi connectivity index (χ4v) is 7.51. The van der Waals surface area contributed by atoms with Gasteiger partial charge in [0, 0.05) is 25.8 Å². The number of carbonyl (C=O) groups excluding carboxylic acids is 2. The summed E-state index contributed by atoms with van der Waals surface area (Å²) in [6, 6.07) is 25.6. The van der Waals surface area contributed by atoms with E-state index in [0.29, 0.717) is 24.6 Å². The molecule has 3 aromatic carbocycles. The van der Waals surface area contributed by atoms with Crippen molar-refractivity contribution in [1.29, 1.82) is 0 Å². The maximum absolute atomic E-state index is 13.9. The van der Waals surface area contributed by atoms with E-state index in [1.54, 1.807) is 12.4 Å². The van der Waals surface area contributed by atoms with Gasteiger partial charge in [0.1, 0.15) is 29.4 Å². The number of aromatic amines is 2. The molecule has 0 radical (unpaired) electrons. The number of rotatable bonds is 11. The number of methoxy groups -OCH3 is 1. The van der Waals surface area contributed by atoms with Crippen molar-refractivity contribution in [3.05, 3.63) is 131 Å². The Morgan fingerprint density at radius 2 is 1.41 bits per heavy atom. The van der Waals surface area contributed by atoms with Crippen molar-refractivity contribution in [3.8, 4) is 23.1 Å². The van der Waals surface area contributed by atoms with E-state index in [0.717, 1.165) is 59.5 Å². The fraction of sp³-hybridized carbons (Fsp3) is 0.333. The van der Waals surface area contributed by atoms with Crippen molar-refractivity contribution in [1.82, 2.24) is 40.0 Å². The molecule has 2 aliphatic rings.